The van der Waals surface area contributed by atoms with Crippen molar-refractivity contribution in [1.82, 2.24) is 4.90 Å². The summed E-state index contributed by atoms with van der Waals surface area (Å²) >= 11 is 0. The summed E-state index contributed by atoms with van der Waals surface area (Å²) in [4.78, 5) is 2.69. The largest absolute Gasteiger partial charge is 0.374 e. The molecule has 2 nitrogen and oxygen atoms in total. The van der Waals surface area contributed by atoms with E-state index in [-0.39, 0.29) is 5.60 Å². The van der Waals surface area contributed by atoms with Crippen LogP contribution in [0.25, 0.3) is 0 Å². The van der Waals surface area contributed by atoms with E-state index in [1.54, 1.807) is 11.1 Å². The maximum absolute atomic E-state index is 6.40. The van der Waals surface area contributed by atoms with Gasteiger partial charge in [0.1, 0.15) is 0 Å². The minimum atomic E-state index is 0.143. The Kier molecular flexibility index (Phi) is 4.34. The molecule has 2 heterocycles. The fraction of sp³-hybridized carbons (Fsp3) is 0.500. The van der Waals surface area contributed by atoms with E-state index >= 15 is 0 Å². The molecule has 3 aliphatic rings. The van der Waals surface area contributed by atoms with Crippen LogP contribution in [0.3, 0.4) is 0 Å². The van der Waals surface area contributed by atoms with E-state index in [0.29, 0.717) is 5.92 Å². The van der Waals surface area contributed by atoms with Crippen molar-refractivity contribution in [1.29, 1.82) is 0 Å². The number of hydrogen-bond acceptors (Lipinski definition) is 2. The van der Waals surface area contributed by atoms with Crippen LogP contribution >= 0.6 is 0 Å². The maximum atomic E-state index is 6.40. The molecule has 0 radical (unpaired) electrons. The van der Waals surface area contributed by atoms with Crippen LogP contribution in [0.1, 0.15) is 54.2 Å². The molecular formula is C24H29NO. The van der Waals surface area contributed by atoms with Gasteiger partial charge in [0.05, 0.1) is 12.2 Å². The zero-order valence-electron chi connectivity index (χ0n) is 15.6. The number of fused-ring (bicyclic) bond motifs is 1. The van der Waals surface area contributed by atoms with Crippen molar-refractivity contribution in [3.63, 3.8) is 0 Å². The van der Waals surface area contributed by atoms with Gasteiger partial charge < -0.3 is 9.64 Å². The molecule has 0 unspecified atom stereocenters. The Morgan fingerprint density at radius 1 is 0.962 bits per heavy atom. The minimum Gasteiger partial charge on any atom is -0.374 e. The number of hydrogen-bond donors (Lipinski definition) is 0. The Morgan fingerprint density at radius 3 is 2.58 bits per heavy atom. The van der Waals surface area contributed by atoms with Crippen molar-refractivity contribution in [3.8, 4) is 0 Å². The zero-order chi connectivity index (χ0) is 17.4. The van der Waals surface area contributed by atoms with Gasteiger partial charge in [-0.05, 0) is 54.7 Å². The minimum absolute atomic E-state index is 0.143. The van der Waals surface area contributed by atoms with Crippen LogP contribution in [0, 0.1) is 0 Å². The van der Waals surface area contributed by atoms with Gasteiger partial charge >= 0.3 is 0 Å². The highest BCUT2D eigenvalue weighted by atomic mass is 16.5. The monoisotopic (exact) mass is 347 g/mol. The van der Waals surface area contributed by atoms with Crippen molar-refractivity contribution in [2.45, 2.75) is 49.5 Å². The van der Waals surface area contributed by atoms with Crippen LogP contribution in [0.4, 0.5) is 0 Å². The second kappa shape index (κ2) is 6.83. The van der Waals surface area contributed by atoms with Crippen LogP contribution in [-0.2, 0) is 11.2 Å². The van der Waals surface area contributed by atoms with E-state index in [1.165, 1.54) is 57.3 Å². The molecule has 2 atom stereocenters. The molecule has 1 aliphatic carbocycles. The topological polar surface area (TPSA) is 12.5 Å². The predicted molar refractivity (Wildman–Crippen MR) is 106 cm³/mol. The summed E-state index contributed by atoms with van der Waals surface area (Å²) in [6, 6.07) is 20.0. The first kappa shape index (κ1) is 16.5. The van der Waals surface area contributed by atoms with Crippen molar-refractivity contribution in [2.75, 3.05) is 26.2 Å². The lowest BCUT2D eigenvalue weighted by atomic mass is 9.83. The summed E-state index contributed by atoms with van der Waals surface area (Å²) in [5.74, 6) is 1.33. The summed E-state index contributed by atoms with van der Waals surface area (Å²) in [6.45, 7) is 4.52. The number of piperidine rings is 1. The van der Waals surface area contributed by atoms with Gasteiger partial charge in [-0.2, -0.15) is 0 Å². The van der Waals surface area contributed by atoms with Crippen LogP contribution in [0.2, 0.25) is 0 Å². The smallest absolute Gasteiger partial charge is 0.0713 e. The Hall–Kier alpha value is -1.64. The number of rotatable bonds is 3. The molecule has 0 saturated carbocycles. The van der Waals surface area contributed by atoms with Gasteiger partial charge in [0, 0.05) is 25.6 Å². The van der Waals surface area contributed by atoms with Crippen LogP contribution in [0.5, 0.6) is 0 Å². The van der Waals surface area contributed by atoms with E-state index in [2.05, 4.69) is 59.5 Å². The third-order valence-corrected chi connectivity index (χ3v) is 6.98. The van der Waals surface area contributed by atoms with E-state index in [4.69, 9.17) is 4.74 Å². The highest BCUT2D eigenvalue weighted by molar-refractivity contribution is 5.35. The fourth-order valence-corrected chi connectivity index (χ4v) is 5.42. The molecule has 2 saturated heterocycles. The fourth-order valence-electron chi connectivity index (χ4n) is 5.42. The second-order valence-corrected chi connectivity index (χ2v) is 8.54. The maximum Gasteiger partial charge on any atom is 0.0713 e. The predicted octanol–water partition coefficient (Wildman–Crippen LogP) is 4.76. The van der Waals surface area contributed by atoms with Crippen molar-refractivity contribution in [2.24, 2.45) is 0 Å². The molecule has 2 heteroatoms. The SMILES string of the molecule is c1ccc([C@H]2COC3(CCN(C[C@H]4CCc5ccccc54)CC3)C2)cc1. The Balaban J connectivity index is 1.18. The second-order valence-electron chi connectivity index (χ2n) is 8.54. The number of aryl methyl sites for hydroxylation is 1. The summed E-state index contributed by atoms with van der Waals surface area (Å²) < 4.78 is 6.40. The average Bonchev–Trinajstić information content (AvgIpc) is 3.30. The van der Waals surface area contributed by atoms with Gasteiger partial charge in [0.25, 0.3) is 0 Å². The molecule has 0 N–H and O–H groups in total. The normalized spacial score (nSPS) is 27.7. The summed E-state index contributed by atoms with van der Waals surface area (Å²) in [5, 5.41) is 0. The molecule has 0 amide bonds. The zero-order valence-corrected chi connectivity index (χ0v) is 15.6. The first-order valence-corrected chi connectivity index (χ1v) is 10.3. The lowest BCUT2D eigenvalue weighted by Gasteiger charge is -2.39. The van der Waals surface area contributed by atoms with Crippen LogP contribution in [-0.4, -0.2) is 36.7 Å². The van der Waals surface area contributed by atoms with Crippen LogP contribution in [0.15, 0.2) is 54.6 Å². The van der Waals surface area contributed by atoms with Gasteiger partial charge in [-0.1, -0.05) is 54.6 Å². The first-order chi connectivity index (χ1) is 12.8. The molecule has 2 aliphatic heterocycles. The average molecular weight is 348 g/mol. The van der Waals surface area contributed by atoms with Gasteiger partial charge in [-0.25, -0.2) is 0 Å². The first-order valence-electron chi connectivity index (χ1n) is 10.3. The van der Waals surface area contributed by atoms with E-state index in [9.17, 15) is 0 Å². The van der Waals surface area contributed by atoms with Gasteiger partial charge in [-0.15, -0.1) is 0 Å². The lowest BCUT2D eigenvalue weighted by molar-refractivity contribution is -0.0442. The molecule has 1 spiro atoms. The molecule has 2 aromatic carbocycles. The van der Waals surface area contributed by atoms with Crippen molar-refractivity contribution >= 4 is 0 Å². The molecule has 2 aromatic rings. The standard InChI is InChI=1S/C24H29NO/c1-2-6-19(7-3-1)22-16-24(26-18-22)12-14-25(15-13-24)17-21-11-10-20-8-4-5-9-23(20)21/h1-9,21-22H,10-18H2/t21-,22-/m1/s1. The lowest BCUT2D eigenvalue weighted by Crippen LogP contribution is -2.45. The third-order valence-electron chi connectivity index (χ3n) is 6.98. The molecule has 0 bridgehead atoms. The molecule has 0 aromatic heterocycles. The van der Waals surface area contributed by atoms with E-state index in [1.807, 2.05) is 0 Å². The van der Waals surface area contributed by atoms with Crippen molar-refractivity contribution in [3.05, 3.63) is 71.3 Å². The number of benzene rings is 2. The molecule has 2 fully saturated rings. The quantitative estimate of drug-likeness (QED) is 0.794. The Bertz CT molecular complexity index is 748. The number of likely N-dealkylation sites (tertiary alicyclic amines) is 1. The highest BCUT2D eigenvalue weighted by Gasteiger charge is 2.43. The van der Waals surface area contributed by atoms with E-state index in [0.717, 1.165) is 12.5 Å². The van der Waals surface area contributed by atoms with E-state index < -0.39 is 0 Å². The van der Waals surface area contributed by atoms with Crippen molar-refractivity contribution < 1.29 is 4.74 Å². The summed E-state index contributed by atoms with van der Waals surface area (Å²) in [5.41, 5.74) is 4.78. The molecule has 5 rings (SSSR count). The van der Waals surface area contributed by atoms with Gasteiger partial charge in [-0.3, -0.25) is 0 Å². The number of ether oxygens (including phenoxy) is 1. The molecule has 136 valence electrons. The van der Waals surface area contributed by atoms with Gasteiger partial charge in [0.15, 0.2) is 0 Å². The number of nitrogens with zero attached hydrogens (tertiary/aromatic N) is 1. The Labute approximate surface area is 157 Å². The van der Waals surface area contributed by atoms with Gasteiger partial charge in [0.2, 0.25) is 0 Å². The summed E-state index contributed by atoms with van der Waals surface area (Å²) in [7, 11) is 0. The Morgan fingerprint density at radius 2 is 1.73 bits per heavy atom. The van der Waals surface area contributed by atoms with Crippen LogP contribution < -0.4 is 0 Å². The highest BCUT2D eigenvalue weighted by Crippen LogP contribution is 2.43. The molecular weight excluding hydrogens is 318 g/mol. The third kappa shape index (κ3) is 3.10. The summed E-state index contributed by atoms with van der Waals surface area (Å²) in [6.07, 6.45) is 6.20. The molecule has 26 heavy (non-hydrogen) atoms.